The summed E-state index contributed by atoms with van der Waals surface area (Å²) in [4.78, 5) is 0. The summed E-state index contributed by atoms with van der Waals surface area (Å²) in [6, 6.07) is 0.641. The zero-order valence-electron chi connectivity index (χ0n) is 6.73. The van der Waals surface area contributed by atoms with E-state index in [1.165, 1.54) is 19.3 Å². The van der Waals surface area contributed by atoms with Crippen molar-refractivity contribution in [3.8, 4) is 0 Å². The van der Waals surface area contributed by atoms with Crippen molar-refractivity contribution < 1.29 is 0 Å². The molecule has 1 N–H and O–H groups in total. The Labute approximate surface area is 77.1 Å². The van der Waals surface area contributed by atoms with Crippen molar-refractivity contribution in [3.05, 3.63) is 0 Å². The first-order valence-electron chi connectivity index (χ1n) is 4.10. The van der Waals surface area contributed by atoms with Crippen LogP contribution in [-0.4, -0.2) is 10.1 Å². The van der Waals surface area contributed by atoms with Crippen LogP contribution in [0.5, 0.6) is 0 Å². The molecule has 0 aromatic carbocycles. The third-order valence-electron chi connectivity index (χ3n) is 2.06. The Hall–Kier alpha value is 0.690. The van der Waals surface area contributed by atoms with Crippen molar-refractivity contribution in [1.82, 2.24) is 5.32 Å². The van der Waals surface area contributed by atoms with Gasteiger partial charge >= 0.3 is 0 Å². The van der Waals surface area contributed by atoms with Crippen LogP contribution >= 0.6 is 22.6 Å². The normalized spacial score (nSPS) is 22.8. The highest BCUT2D eigenvalue weighted by atomic mass is 127. The van der Waals surface area contributed by atoms with Gasteiger partial charge in [-0.05, 0) is 32.6 Å². The van der Waals surface area contributed by atoms with Crippen LogP contribution < -0.4 is 5.32 Å². The summed E-state index contributed by atoms with van der Waals surface area (Å²) in [6.45, 7) is 4.43. The van der Waals surface area contributed by atoms with Crippen molar-refractivity contribution in [1.29, 1.82) is 0 Å². The van der Waals surface area contributed by atoms with E-state index in [1.54, 1.807) is 0 Å². The van der Waals surface area contributed by atoms with Gasteiger partial charge in [-0.3, -0.25) is 0 Å². The number of hydrogen-bond donors (Lipinski definition) is 1. The van der Waals surface area contributed by atoms with Gasteiger partial charge in [0.05, 0.1) is 4.05 Å². The van der Waals surface area contributed by atoms with E-state index in [9.17, 15) is 0 Å². The minimum atomic E-state index is 0.641. The number of nitrogens with one attached hydrogen (secondary N) is 1. The predicted octanol–water partition coefficient (Wildman–Crippen LogP) is 2.55. The van der Waals surface area contributed by atoms with Gasteiger partial charge in [-0.1, -0.05) is 29.0 Å². The van der Waals surface area contributed by atoms with Crippen molar-refractivity contribution in [2.75, 3.05) is 0 Å². The molecular formula is C8H16IN. The van der Waals surface area contributed by atoms with E-state index in [0.29, 0.717) is 10.1 Å². The molecule has 1 nitrogen and oxygen atoms in total. The van der Waals surface area contributed by atoms with Crippen LogP contribution in [0.1, 0.15) is 33.1 Å². The smallest absolute Gasteiger partial charge is 0.0624 e. The first-order chi connectivity index (χ1) is 4.70. The van der Waals surface area contributed by atoms with Crippen molar-refractivity contribution in [2.24, 2.45) is 5.92 Å². The second kappa shape index (κ2) is 3.90. The summed E-state index contributed by atoms with van der Waals surface area (Å²) in [5, 5.41) is 3.53. The monoisotopic (exact) mass is 253 g/mol. The van der Waals surface area contributed by atoms with Crippen LogP contribution in [0, 0.1) is 5.92 Å². The zero-order valence-corrected chi connectivity index (χ0v) is 8.89. The molecule has 0 bridgehead atoms. The lowest BCUT2D eigenvalue weighted by molar-refractivity contribution is 0.283. The molecule has 1 atom stereocenters. The van der Waals surface area contributed by atoms with Gasteiger partial charge in [-0.2, -0.15) is 0 Å². The second-order valence-corrected chi connectivity index (χ2v) is 4.76. The molecule has 0 amide bonds. The first kappa shape index (κ1) is 8.78. The molecule has 0 aliphatic heterocycles. The average Bonchev–Trinajstić information content (AvgIpc) is 1.55. The van der Waals surface area contributed by atoms with E-state index >= 15 is 0 Å². The molecule has 0 spiro atoms. The Kier molecular flexibility index (Phi) is 3.43. The Morgan fingerprint density at radius 2 is 2.00 bits per heavy atom. The van der Waals surface area contributed by atoms with Gasteiger partial charge in [0, 0.05) is 6.04 Å². The highest BCUT2D eigenvalue weighted by molar-refractivity contribution is 14.1. The fourth-order valence-corrected chi connectivity index (χ4v) is 2.63. The quantitative estimate of drug-likeness (QED) is 0.463. The van der Waals surface area contributed by atoms with E-state index in [1.807, 2.05) is 0 Å². The maximum Gasteiger partial charge on any atom is 0.0624 e. The Morgan fingerprint density at radius 1 is 1.40 bits per heavy atom. The van der Waals surface area contributed by atoms with Gasteiger partial charge in [0.25, 0.3) is 0 Å². The van der Waals surface area contributed by atoms with Crippen molar-refractivity contribution in [3.63, 3.8) is 0 Å². The number of hydrogen-bond acceptors (Lipinski definition) is 1. The van der Waals surface area contributed by atoms with Gasteiger partial charge in [0.15, 0.2) is 0 Å². The van der Waals surface area contributed by atoms with Gasteiger partial charge in [0.2, 0.25) is 0 Å². The number of rotatable bonds is 3. The molecule has 0 aromatic heterocycles. The average molecular weight is 253 g/mol. The molecule has 0 heterocycles. The zero-order chi connectivity index (χ0) is 7.56. The van der Waals surface area contributed by atoms with Gasteiger partial charge in [0.1, 0.15) is 0 Å². The topological polar surface area (TPSA) is 12.0 Å². The molecule has 10 heavy (non-hydrogen) atoms. The largest absolute Gasteiger partial charge is 0.303 e. The maximum absolute atomic E-state index is 3.53. The highest BCUT2D eigenvalue weighted by Gasteiger charge is 2.24. The van der Waals surface area contributed by atoms with Gasteiger partial charge in [-0.25, -0.2) is 0 Å². The summed E-state index contributed by atoms with van der Waals surface area (Å²) >= 11 is 2.52. The summed E-state index contributed by atoms with van der Waals surface area (Å²) in [6.07, 6.45) is 4.32. The Bertz CT molecular complexity index is 99.4. The molecular weight excluding hydrogens is 237 g/mol. The number of alkyl halides is 1. The van der Waals surface area contributed by atoms with Crippen LogP contribution in [0.25, 0.3) is 0 Å². The predicted molar refractivity (Wildman–Crippen MR) is 53.4 cm³/mol. The number of halogens is 1. The van der Waals surface area contributed by atoms with Crippen LogP contribution in [-0.2, 0) is 0 Å². The summed E-state index contributed by atoms with van der Waals surface area (Å²) < 4.78 is 0.714. The Morgan fingerprint density at radius 3 is 2.30 bits per heavy atom. The SMILES string of the molecule is CC(C)N[C@H](I)C1CCC1. The summed E-state index contributed by atoms with van der Waals surface area (Å²) in [7, 11) is 0. The molecule has 60 valence electrons. The maximum atomic E-state index is 3.53. The lowest BCUT2D eigenvalue weighted by Gasteiger charge is -2.31. The second-order valence-electron chi connectivity index (χ2n) is 3.41. The van der Waals surface area contributed by atoms with Crippen LogP contribution in [0.3, 0.4) is 0 Å². The standard InChI is InChI=1S/C8H16IN/c1-6(2)10-8(9)7-4-3-5-7/h6-8,10H,3-5H2,1-2H3/t8-/m0/s1. The molecule has 0 saturated heterocycles. The molecule has 0 aromatic rings. The fourth-order valence-electron chi connectivity index (χ4n) is 1.19. The van der Waals surface area contributed by atoms with E-state index in [-0.39, 0.29) is 0 Å². The Balaban J connectivity index is 2.13. The molecule has 1 aliphatic rings. The minimum absolute atomic E-state index is 0.641. The van der Waals surface area contributed by atoms with Crippen LogP contribution in [0.15, 0.2) is 0 Å². The van der Waals surface area contributed by atoms with Crippen LogP contribution in [0.2, 0.25) is 0 Å². The van der Waals surface area contributed by atoms with E-state index in [2.05, 4.69) is 41.8 Å². The van der Waals surface area contributed by atoms with Crippen molar-refractivity contribution in [2.45, 2.75) is 43.2 Å². The molecule has 1 fully saturated rings. The molecule has 1 aliphatic carbocycles. The summed E-state index contributed by atoms with van der Waals surface area (Å²) in [5.41, 5.74) is 0. The van der Waals surface area contributed by atoms with Crippen LogP contribution in [0.4, 0.5) is 0 Å². The van der Waals surface area contributed by atoms with E-state index in [0.717, 1.165) is 5.92 Å². The highest BCUT2D eigenvalue weighted by Crippen LogP contribution is 2.32. The lowest BCUT2D eigenvalue weighted by Crippen LogP contribution is -2.38. The molecule has 0 radical (unpaired) electrons. The minimum Gasteiger partial charge on any atom is -0.303 e. The van der Waals surface area contributed by atoms with Gasteiger partial charge < -0.3 is 5.32 Å². The van der Waals surface area contributed by atoms with E-state index in [4.69, 9.17) is 0 Å². The van der Waals surface area contributed by atoms with Gasteiger partial charge in [-0.15, -0.1) is 0 Å². The third kappa shape index (κ3) is 2.38. The molecule has 1 rings (SSSR count). The molecule has 1 saturated carbocycles. The fraction of sp³-hybridized carbons (Fsp3) is 1.00. The third-order valence-corrected chi connectivity index (χ3v) is 3.43. The van der Waals surface area contributed by atoms with E-state index < -0.39 is 0 Å². The summed E-state index contributed by atoms with van der Waals surface area (Å²) in [5.74, 6) is 0.961. The van der Waals surface area contributed by atoms with Crippen molar-refractivity contribution >= 4 is 22.6 Å². The lowest BCUT2D eigenvalue weighted by atomic mass is 9.85. The molecule has 0 unspecified atom stereocenters. The molecule has 2 heteroatoms. The first-order valence-corrected chi connectivity index (χ1v) is 5.35.